The molecule has 0 saturated carbocycles. The van der Waals surface area contributed by atoms with Gasteiger partial charge >= 0.3 is 0 Å². The fourth-order valence-electron chi connectivity index (χ4n) is 6.75. The highest BCUT2D eigenvalue weighted by Crippen LogP contribution is 2.38. The van der Waals surface area contributed by atoms with Gasteiger partial charge in [-0.15, -0.1) is 0 Å². The van der Waals surface area contributed by atoms with Crippen LogP contribution in [0.25, 0.3) is 28.0 Å². The van der Waals surface area contributed by atoms with Crippen molar-refractivity contribution in [1.29, 1.82) is 0 Å². The van der Waals surface area contributed by atoms with Crippen molar-refractivity contribution in [2.75, 3.05) is 48.6 Å². The van der Waals surface area contributed by atoms with Crippen LogP contribution in [0.2, 0.25) is 0 Å². The number of ether oxygens (including phenoxy) is 1. The van der Waals surface area contributed by atoms with E-state index in [0.29, 0.717) is 24.0 Å². The monoisotopic (exact) mass is 623 g/mol. The average molecular weight is 624 g/mol. The highest BCUT2D eigenvalue weighted by atomic mass is 32.2. The first-order valence-electron chi connectivity index (χ1n) is 15.3. The number of hydrogen-bond acceptors (Lipinski definition) is 9. The van der Waals surface area contributed by atoms with Gasteiger partial charge in [-0.3, -0.25) is 9.97 Å². The van der Waals surface area contributed by atoms with Crippen molar-refractivity contribution in [3.63, 3.8) is 0 Å². The Kier molecular flexibility index (Phi) is 7.43. The van der Waals surface area contributed by atoms with Crippen molar-refractivity contribution in [2.24, 2.45) is 5.92 Å². The maximum absolute atomic E-state index is 12.1. The van der Waals surface area contributed by atoms with Crippen LogP contribution in [0.4, 0.5) is 11.5 Å². The molecule has 7 rings (SSSR count). The number of aromatic nitrogens is 5. The predicted octanol–water partition coefficient (Wildman–Crippen LogP) is 5.06. The van der Waals surface area contributed by atoms with Crippen LogP contribution < -0.4 is 14.5 Å². The molecule has 0 aliphatic carbocycles. The molecule has 0 bridgehead atoms. The van der Waals surface area contributed by atoms with E-state index in [4.69, 9.17) is 19.8 Å². The lowest BCUT2D eigenvalue weighted by Gasteiger charge is -2.48. The Bertz CT molecular complexity index is 1980. The van der Waals surface area contributed by atoms with Gasteiger partial charge < -0.3 is 14.5 Å². The molecule has 0 N–H and O–H groups in total. The number of nitrogens with zero attached hydrogens (tertiary/aromatic N) is 7. The van der Waals surface area contributed by atoms with Crippen LogP contribution in [0.5, 0.6) is 5.75 Å². The molecule has 232 valence electrons. The van der Waals surface area contributed by atoms with E-state index >= 15 is 0 Å². The molecule has 10 nitrogen and oxygen atoms in total. The smallest absolute Gasteiger partial charge is 0.158 e. The summed E-state index contributed by atoms with van der Waals surface area (Å²) in [5.74, 6) is 3.00. The van der Waals surface area contributed by atoms with E-state index in [9.17, 15) is 8.42 Å². The summed E-state index contributed by atoms with van der Waals surface area (Å²) < 4.78 is 31.6. The first-order chi connectivity index (χ1) is 21.7. The number of hydrogen-bond donors (Lipinski definition) is 0. The van der Waals surface area contributed by atoms with Crippen molar-refractivity contribution < 1.29 is 13.2 Å². The Hall–Kier alpha value is -4.51. The van der Waals surface area contributed by atoms with Crippen LogP contribution >= 0.6 is 0 Å². The molecule has 4 aromatic heterocycles. The molecule has 45 heavy (non-hydrogen) atoms. The average Bonchev–Trinajstić information content (AvgIpc) is 3.71. The zero-order valence-corrected chi connectivity index (χ0v) is 26.8. The van der Waals surface area contributed by atoms with E-state index in [0.717, 1.165) is 58.9 Å². The maximum atomic E-state index is 12.1. The third kappa shape index (κ3) is 5.61. The van der Waals surface area contributed by atoms with Gasteiger partial charge in [-0.2, -0.15) is 5.10 Å². The molecular formula is C34H37N7O3S. The molecule has 5 aromatic rings. The number of sulfone groups is 1. The van der Waals surface area contributed by atoms with Gasteiger partial charge in [0.05, 0.1) is 35.8 Å². The first-order valence-corrected chi connectivity index (χ1v) is 17.3. The van der Waals surface area contributed by atoms with Gasteiger partial charge in [0.15, 0.2) is 5.82 Å². The minimum atomic E-state index is -3.06. The van der Waals surface area contributed by atoms with Gasteiger partial charge in [-0.25, -0.2) is 18.1 Å². The highest BCUT2D eigenvalue weighted by Gasteiger charge is 2.38. The Morgan fingerprint density at radius 2 is 1.80 bits per heavy atom. The number of rotatable bonds is 8. The molecule has 0 spiro atoms. The van der Waals surface area contributed by atoms with E-state index in [-0.39, 0.29) is 17.7 Å². The summed E-state index contributed by atoms with van der Waals surface area (Å²) in [5, 5.41) is 5.75. The molecule has 1 aromatic carbocycles. The first kappa shape index (κ1) is 29.2. The molecule has 11 heteroatoms. The van der Waals surface area contributed by atoms with Gasteiger partial charge in [-0.05, 0) is 38.0 Å². The lowest BCUT2D eigenvalue weighted by atomic mass is 9.91. The molecule has 2 aliphatic rings. The summed E-state index contributed by atoms with van der Waals surface area (Å²) in [6, 6.07) is 18.8. The Morgan fingerprint density at radius 1 is 1.00 bits per heavy atom. The largest absolute Gasteiger partial charge is 0.496 e. The fourth-order valence-corrected chi connectivity index (χ4v) is 7.91. The standard InChI is InChI=1S/C34H37N7O3S/c1-22-28-18-36-41(31(28)16-30(37-22)29-17-35-12-10-32(29)44-3)34-15-27(40-20-26(23(40)2)21-45(4,42)43)14-33(38-34)39-13-11-25(19-39)24-8-6-5-7-9-24/h5-10,12,14-18,23,25-26H,11,13,19-21H2,1-4H3/t23-,25?,26-/m1/s1. The van der Waals surface area contributed by atoms with Crippen LogP contribution in [0.15, 0.2) is 73.2 Å². The molecule has 0 amide bonds. The van der Waals surface area contributed by atoms with Crippen LogP contribution in [0.3, 0.4) is 0 Å². The number of anilines is 2. The van der Waals surface area contributed by atoms with Gasteiger partial charge in [-0.1, -0.05) is 30.3 Å². The molecule has 6 heterocycles. The van der Waals surface area contributed by atoms with E-state index in [1.165, 1.54) is 11.8 Å². The van der Waals surface area contributed by atoms with Crippen LogP contribution in [-0.4, -0.2) is 77.9 Å². The number of fused-ring (bicyclic) bond motifs is 1. The minimum Gasteiger partial charge on any atom is -0.496 e. The summed E-state index contributed by atoms with van der Waals surface area (Å²) in [5.41, 5.74) is 5.63. The molecule has 2 saturated heterocycles. The van der Waals surface area contributed by atoms with Crippen molar-refractivity contribution in [3.8, 4) is 22.8 Å². The topological polar surface area (TPSA) is 106 Å². The number of aryl methyl sites for hydroxylation is 1. The van der Waals surface area contributed by atoms with Gasteiger partial charge in [0.1, 0.15) is 21.4 Å². The number of methoxy groups -OCH3 is 1. The van der Waals surface area contributed by atoms with E-state index in [1.807, 2.05) is 29.9 Å². The summed E-state index contributed by atoms with van der Waals surface area (Å²) in [4.78, 5) is 19.0. The van der Waals surface area contributed by atoms with E-state index in [2.05, 4.69) is 64.2 Å². The number of pyridine rings is 3. The summed E-state index contributed by atoms with van der Waals surface area (Å²) >= 11 is 0. The third-order valence-corrected chi connectivity index (χ3v) is 10.3. The second-order valence-corrected chi connectivity index (χ2v) is 14.5. The second kappa shape index (κ2) is 11.4. The van der Waals surface area contributed by atoms with Gasteiger partial charge in [0, 0.05) is 85.1 Å². The van der Waals surface area contributed by atoms with E-state index in [1.54, 1.807) is 19.5 Å². The quantitative estimate of drug-likeness (QED) is 0.235. The Morgan fingerprint density at radius 3 is 2.56 bits per heavy atom. The van der Waals surface area contributed by atoms with Gasteiger partial charge in [0.25, 0.3) is 0 Å². The van der Waals surface area contributed by atoms with Gasteiger partial charge in [0.2, 0.25) is 0 Å². The SMILES string of the molecule is COc1ccncc1-c1cc2c(cnn2-c2cc(N3C[C@H](CS(C)(=O)=O)[C@H]3C)cc(N3CCC(c4ccccc4)C3)n2)c(C)n1. The van der Waals surface area contributed by atoms with Crippen molar-refractivity contribution >= 4 is 32.2 Å². The minimum absolute atomic E-state index is 0.0870. The Labute approximate surface area is 263 Å². The maximum Gasteiger partial charge on any atom is 0.158 e. The lowest BCUT2D eigenvalue weighted by Crippen LogP contribution is -2.57. The van der Waals surface area contributed by atoms with Crippen molar-refractivity contribution in [3.05, 3.63) is 84.4 Å². The van der Waals surface area contributed by atoms with E-state index < -0.39 is 9.84 Å². The normalized spacial score (nSPS) is 20.0. The summed E-state index contributed by atoms with van der Waals surface area (Å²) in [7, 11) is -1.42. The third-order valence-electron chi connectivity index (χ3n) is 9.27. The number of benzene rings is 1. The molecule has 0 radical (unpaired) electrons. The summed E-state index contributed by atoms with van der Waals surface area (Å²) in [6.07, 6.45) is 7.67. The second-order valence-electron chi connectivity index (χ2n) is 12.3. The van der Waals surface area contributed by atoms with Crippen LogP contribution in [0, 0.1) is 12.8 Å². The molecule has 2 fully saturated rings. The Balaban J connectivity index is 1.30. The van der Waals surface area contributed by atoms with Crippen molar-refractivity contribution in [2.45, 2.75) is 32.2 Å². The molecular weight excluding hydrogens is 586 g/mol. The summed E-state index contributed by atoms with van der Waals surface area (Å²) in [6.45, 7) is 6.53. The fraction of sp³-hybridized carbons (Fsp3) is 0.353. The highest BCUT2D eigenvalue weighted by molar-refractivity contribution is 7.90. The zero-order chi connectivity index (χ0) is 31.3. The van der Waals surface area contributed by atoms with Crippen LogP contribution in [-0.2, 0) is 9.84 Å². The molecule has 3 atom stereocenters. The molecule has 1 unspecified atom stereocenters. The molecule has 2 aliphatic heterocycles. The lowest BCUT2D eigenvalue weighted by molar-refractivity contribution is 0.341. The van der Waals surface area contributed by atoms with Crippen LogP contribution in [0.1, 0.15) is 30.5 Å². The van der Waals surface area contributed by atoms with Crippen molar-refractivity contribution in [1.82, 2.24) is 24.7 Å². The zero-order valence-electron chi connectivity index (χ0n) is 26.0. The predicted molar refractivity (Wildman–Crippen MR) is 177 cm³/mol.